The third-order valence-corrected chi connectivity index (χ3v) is 3.80. The summed E-state index contributed by atoms with van der Waals surface area (Å²) in [6.45, 7) is 1.91. The molecule has 0 N–H and O–H groups in total. The molecule has 0 aromatic heterocycles. The van der Waals surface area contributed by atoms with Crippen molar-refractivity contribution in [3.8, 4) is 5.75 Å². The van der Waals surface area contributed by atoms with E-state index < -0.39 is 17.1 Å². The molecule has 0 saturated carbocycles. The summed E-state index contributed by atoms with van der Waals surface area (Å²) in [7, 11) is 17.0. The van der Waals surface area contributed by atoms with Crippen LogP contribution in [0.3, 0.4) is 0 Å². The first-order valence-corrected chi connectivity index (χ1v) is 13.8. The summed E-state index contributed by atoms with van der Waals surface area (Å²) in [5.41, 5.74) is 0.987. The number of hydrogen-bond donors (Lipinski definition) is 0. The van der Waals surface area contributed by atoms with Gasteiger partial charge in [0.05, 0.1) is 0 Å². The molecule has 1 aromatic carbocycles. The summed E-state index contributed by atoms with van der Waals surface area (Å²) in [6.07, 6.45) is 0. The molecule has 12 heavy (non-hydrogen) atoms. The van der Waals surface area contributed by atoms with Gasteiger partial charge in [-0.15, -0.1) is 0 Å². The second-order valence-corrected chi connectivity index (χ2v) is 17.9. The molecule has 0 aliphatic heterocycles. The van der Waals surface area contributed by atoms with Gasteiger partial charge >= 0.3 is 88.0 Å². The van der Waals surface area contributed by atoms with Crippen LogP contribution in [0.1, 0.15) is 5.56 Å². The Balaban J connectivity index is 2.83. The van der Waals surface area contributed by atoms with Gasteiger partial charge in [0.25, 0.3) is 0 Å². The monoisotopic (exact) mass is 302 g/mol. The normalized spacial score (nSPS) is 11.3. The third-order valence-electron chi connectivity index (χ3n) is 1.32. The zero-order chi connectivity index (χ0) is 9.19. The van der Waals surface area contributed by atoms with E-state index in [-0.39, 0.29) is 0 Å². The summed E-state index contributed by atoms with van der Waals surface area (Å²) < 4.78 is 5.24. The van der Waals surface area contributed by atoms with E-state index in [1.807, 2.05) is 25.1 Å². The van der Waals surface area contributed by atoms with E-state index >= 15 is 0 Å². The van der Waals surface area contributed by atoms with Crippen LogP contribution in [0.2, 0.25) is 0 Å². The summed E-state index contributed by atoms with van der Waals surface area (Å²) >= 11 is -3.69. The van der Waals surface area contributed by atoms with E-state index in [1.165, 1.54) is 0 Å². The van der Waals surface area contributed by atoms with Crippen molar-refractivity contribution in [2.24, 2.45) is 0 Å². The first-order chi connectivity index (χ1) is 5.49. The van der Waals surface area contributed by atoms with E-state index in [1.54, 1.807) is 6.07 Å². The Labute approximate surface area is 87.2 Å². The fourth-order valence-electron chi connectivity index (χ4n) is 0.796. The van der Waals surface area contributed by atoms with Gasteiger partial charge in [0.15, 0.2) is 0 Å². The zero-order valence-electron chi connectivity index (χ0n) is 6.35. The van der Waals surface area contributed by atoms with Crippen molar-refractivity contribution < 1.29 is 19.9 Å². The van der Waals surface area contributed by atoms with Crippen molar-refractivity contribution in [1.29, 1.82) is 0 Å². The van der Waals surface area contributed by atoms with E-state index in [0.717, 1.165) is 5.56 Å². The Morgan fingerprint density at radius 2 is 1.75 bits per heavy atom. The molecule has 1 rings (SSSR count). The van der Waals surface area contributed by atoms with Crippen LogP contribution in [0.5, 0.6) is 5.75 Å². The molecule has 0 bridgehead atoms. The average molecular weight is 305 g/mol. The van der Waals surface area contributed by atoms with Gasteiger partial charge in [-0.1, -0.05) is 0 Å². The Morgan fingerprint density at radius 1 is 1.17 bits per heavy atom. The first kappa shape index (κ1) is 10.9. The topological polar surface area (TPSA) is 9.23 Å². The SMILES string of the molecule is Cc1ccccc1[O][Zr]([Cl])([Cl])[Cl]. The van der Waals surface area contributed by atoms with Crippen LogP contribution >= 0.6 is 25.5 Å². The van der Waals surface area contributed by atoms with Crippen LogP contribution in [0, 0.1) is 6.92 Å². The maximum absolute atomic E-state index is 5.66. The van der Waals surface area contributed by atoms with Crippen LogP contribution in [0.4, 0.5) is 0 Å². The average Bonchev–Trinajstić information content (AvgIpc) is 1.91. The molecule has 0 atom stereocenters. The van der Waals surface area contributed by atoms with Crippen molar-refractivity contribution >= 4 is 25.5 Å². The minimum atomic E-state index is -3.69. The van der Waals surface area contributed by atoms with E-state index in [4.69, 9.17) is 28.4 Å². The van der Waals surface area contributed by atoms with Crippen LogP contribution in [-0.4, -0.2) is 0 Å². The van der Waals surface area contributed by atoms with Gasteiger partial charge in [0.2, 0.25) is 0 Å². The van der Waals surface area contributed by atoms with Crippen molar-refractivity contribution in [3.63, 3.8) is 0 Å². The number of aryl methyl sites for hydroxylation is 1. The Kier molecular flexibility index (Phi) is 3.91. The predicted octanol–water partition coefficient (Wildman–Crippen LogP) is 3.90. The molecular weight excluding hydrogens is 298 g/mol. The molecular formula is C7H7Cl3OZr. The summed E-state index contributed by atoms with van der Waals surface area (Å²) in [6, 6.07) is 7.48. The Morgan fingerprint density at radius 3 is 2.25 bits per heavy atom. The minimum absolute atomic E-state index is 0.674. The van der Waals surface area contributed by atoms with Crippen molar-refractivity contribution in [3.05, 3.63) is 29.8 Å². The summed E-state index contributed by atoms with van der Waals surface area (Å²) in [5, 5.41) is 0. The second kappa shape index (κ2) is 4.33. The molecule has 1 aromatic rings. The van der Waals surface area contributed by atoms with Gasteiger partial charge in [-0.05, 0) is 0 Å². The molecule has 66 valence electrons. The maximum atomic E-state index is 5.66. The van der Waals surface area contributed by atoms with Gasteiger partial charge in [-0.25, -0.2) is 0 Å². The van der Waals surface area contributed by atoms with Gasteiger partial charge in [0, 0.05) is 0 Å². The zero-order valence-corrected chi connectivity index (χ0v) is 11.1. The third kappa shape index (κ3) is 3.66. The van der Waals surface area contributed by atoms with Gasteiger partial charge in [-0.2, -0.15) is 0 Å². The van der Waals surface area contributed by atoms with Crippen molar-refractivity contribution in [1.82, 2.24) is 0 Å². The standard InChI is InChI=1S/C7H8O.3ClH.Zr/c1-6-4-2-3-5-7(6)8;;;;/h2-5,8H,1H3;3*1H;/q;;;;+4/p-4. The van der Waals surface area contributed by atoms with Gasteiger partial charge in [-0.3, -0.25) is 0 Å². The number of benzene rings is 1. The molecule has 0 heterocycles. The van der Waals surface area contributed by atoms with Gasteiger partial charge in [0.1, 0.15) is 0 Å². The number of hydrogen-bond acceptors (Lipinski definition) is 1. The number of para-hydroxylation sites is 1. The molecule has 0 aliphatic carbocycles. The molecule has 0 amide bonds. The second-order valence-electron chi connectivity index (χ2n) is 2.31. The van der Waals surface area contributed by atoms with Crippen LogP contribution < -0.4 is 2.81 Å². The molecule has 0 aliphatic rings. The van der Waals surface area contributed by atoms with Crippen LogP contribution in [-0.2, 0) is 17.1 Å². The summed E-state index contributed by atoms with van der Waals surface area (Å²) in [5.74, 6) is 0.674. The van der Waals surface area contributed by atoms with E-state index in [2.05, 4.69) is 0 Å². The quantitative estimate of drug-likeness (QED) is 0.805. The molecule has 5 heteroatoms. The van der Waals surface area contributed by atoms with E-state index in [0.29, 0.717) is 5.75 Å². The van der Waals surface area contributed by atoms with Gasteiger partial charge < -0.3 is 0 Å². The fraction of sp³-hybridized carbons (Fsp3) is 0.143. The first-order valence-electron chi connectivity index (χ1n) is 3.30. The Hall–Kier alpha value is 0.773. The Bertz CT molecular complexity index is 272. The predicted molar refractivity (Wildman–Crippen MR) is 49.4 cm³/mol. The van der Waals surface area contributed by atoms with Crippen LogP contribution in [0.25, 0.3) is 0 Å². The summed E-state index contributed by atoms with van der Waals surface area (Å²) in [4.78, 5) is 0. The molecule has 0 saturated heterocycles. The fourth-order valence-corrected chi connectivity index (χ4v) is 3.45. The number of rotatable bonds is 2. The molecule has 0 radical (unpaired) electrons. The molecule has 1 nitrogen and oxygen atoms in total. The van der Waals surface area contributed by atoms with E-state index in [9.17, 15) is 0 Å². The molecule has 0 unspecified atom stereocenters. The number of halogens is 3. The molecule has 0 spiro atoms. The van der Waals surface area contributed by atoms with Crippen LogP contribution in [0.15, 0.2) is 24.3 Å². The van der Waals surface area contributed by atoms with Crippen molar-refractivity contribution in [2.45, 2.75) is 6.92 Å². The molecule has 0 fully saturated rings. The van der Waals surface area contributed by atoms with Crippen molar-refractivity contribution in [2.75, 3.05) is 0 Å².